The van der Waals surface area contributed by atoms with Gasteiger partial charge in [-0.1, -0.05) is 0 Å². The molecule has 0 saturated carbocycles. The molecule has 0 fully saturated rings. The van der Waals surface area contributed by atoms with Crippen LogP contribution in [-0.2, 0) is 9.59 Å². The Morgan fingerprint density at radius 3 is 2.85 bits per heavy atom. The number of benzene rings is 1. The van der Waals surface area contributed by atoms with Gasteiger partial charge in [-0.15, -0.1) is 11.8 Å². The number of ether oxygens (including phenoxy) is 1. The van der Waals surface area contributed by atoms with Gasteiger partial charge in [-0.2, -0.15) is 0 Å². The molecule has 0 aliphatic rings. The summed E-state index contributed by atoms with van der Waals surface area (Å²) in [5.41, 5.74) is 6.40. The number of nitrogen functional groups attached to an aromatic ring is 1. The quantitative estimate of drug-likeness (QED) is 0.380. The van der Waals surface area contributed by atoms with Crippen molar-refractivity contribution in [1.82, 2.24) is 5.32 Å². The summed E-state index contributed by atoms with van der Waals surface area (Å²) in [5.74, 6) is -0.103. The number of carboxylic acids is 1. The molecule has 1 aromatic rings. The molecule has 0 aliphatic carbocycles. The predicted octanol–water partition coefficient (Wildman–Crippen LogP) is 1.35. The van der Waals surface area contributed by atoms with Crippen molar-refractivity contribution < 1.29 is 19.4 Å². The average molecular weight is 298 g/mol. The number of carbonyl (C=O) groups excluding carboxylic acids is 1. The maximum absolute atomic E-state index is 11.6. The zero-order chi connectivity index (χ0) is 15.0. The van der Waals surface area contributed by atoms with Crippen molar-refractivity contribution in [3.8, 4) is 5.75 Å². The molecule has 0 bridgehead atoms. The van der Waals surface area contributed by atoms with E-state index in [2.05, 4.69) is 5.32 Å². The van der Waals surface area contributed by atoms with Crippen LogP contribution in [0.4, 0.5) is 5.69 Å². The van der Waals surface area contributed by atoms with Crippen molar-refractivity contribution in [1.29, 1.82) is 0 Å². The van der Waals surface area contributed by atoms with Crippen molar-refractivity contribution in [3.05, 3.63) is 18.2 Å². The summed E-state index contributed by atoms with van der Waals surface area (Å²) in [4.78, 5) is 22.7. The molecule has 0 atom stereocenters. The second-order valence-electron chi connectivity index (χ2n) is 4.04. The van der Waals surface area contributed by atoms with E-state index >= 15 is 0 Å². The molecule has 20 heavy (non-hydrogen) atoms. The first-order chi connectivity index (χ1) is 9.52. The van der Waals surface area contributed by atoms with Crippen molar-refractivity contribution in [2.75, 3.05) is 25.1 Å². The van der Waals surface area contributed by atoms with Crippen molar-refractivity contribution >= 4 is 29.3 Å². The fraction of sp³-hybridized carbons (Fsp3) is 0.385. The van der Waals surface area contributed by atoms with Gasteiger partial charge in [0.25, 0.3) is 0 Å². The number of thioether (sulfide) groups is 1. The molecule has 110 valence electrons. The number of nitrogens with two attached hydrogens (primary N) is 1. The largest absolute Gasteiger partial charge is 0.497 e. The first-order valence-electron chi connectivity index (χ1n) is 6.07. The molecule has 1 amide bonds. The third-order valence-electron chi connectivity index (χ3n) is 2.47. The number of hydrogen-bond acceptors (Lipinski definition) is 5. The Balaban J connectivity index is 2.35. The molecule has 0 aromatic heterocycles. The zero-order valence-corrected chi connectivity index (χ0v) is 12.0. The average Bonchev–Trinajstić information content (AvgIpc) is 2.42. The summed E-state index contributed by atoms with van der Waals surface area (Å²) in [6.45, 7) is 0.360. The minimum absolute atomic E-state index is 0.0518. The number of nitrogens with one attached hydrogen (secondary N) is 1. The van der Waals surface area contributed by atoms with Crippen LogP contribution in [0.15, 0.2) is 23.1 Å². The number of amides is 1. The summed E-state index contributed by atoms with van der Waals surface area (Å²) < 4.78 is 5.09. The van der Waals surface area contributed by atoms with Gasteiger partial charge in [-0.05, 0) is 24.6 Å². The molecule has 6 nitrogen and oxygen atoms in total. The number of aliphatic carboxylic acids is 1. The minimum atomic E-state index is -0.863. The second-order valence-corrected chi connectivity index (χ2v) is 5.06. The van der Waals surface area contributed by atoms with Crippen molar-refractivity contribution in [3.63, 3.8) is 0 Å². The summed E-state index contributed by atoms with van der Waals surface area (Å²) in [7, 11) is 1.56. The van der Waals surface area contributed by atoms with Gasteiger partial charge in [-0.25, -0.2) is 0 Å². The fourth-order valence-corrected chi connectivity index (χ4v) is 2.25. The number of carboxylic acid groups (broad SMARTS) is 1. The van der Waals surface area contributed by atoms with Crippen LogP contribution in [0.25, 0.3) is 0 Å². The summed E-state index contributed by atoms with van der Waals surface area (Å²) >= 11 is 1.32. The van der Waals surface area contributed by atoms with E-state index in [0.717, 1.165) is 4.90 Å². The van der Waals surface area contributed by atoms with Gasteiger partial charge in [0, 0.05) is 23.5 Å². The molecule has 0 unspecified atom stereocenters. The van der Waals surface area contributed by atoms with E-state index in [0.29, 0.717) is 24.4 Å². The zero-order valence-electron chi connectivity index (χ0n) is 11.2. The first kappa shape index (κ1) is 16.2. The molecular weight excluding hydrogens is 280 g/mol. The third-order valence-corrected chi connectivity index (χ3v) is 3.54. The van der Waals surface area contributed by atoms with Crippen LogP contribution in [0.3, 0.4) is 0 Å². The van der Waals surface area contributed by atoms with Gasteiger partial charge in [0.05, 0.1) is 12.9 Å². The highest BCUT2D eigenvalue weighted by atomic mass is 32.2. The van der Waals surface area contributed by atoms with E-state index in [1.807, 2.05) is 0 Å². The maximum Gasteiger partial charge on any atom is 0.303 e. The SMILES string of the molecule is COc1ccc(N)c(SCC(=O)NCCCC(=O)O)c1. The second kappa shape index (κ2) is 8.31. The van der Waals surface area contributed by atoms with Crippen LogP contribution in [0.1, 0.15) is 12.8 Å². The summed E-state index contributed by atoms with van der Waals surface area (Å²) in [5, 5.41) is 11.1. The van der Waals surface area contributed by atoms with Crippen LogP contribution in [0, 0.1) is 0 Å². The van der Waals surface area contributed by atoms with Crippen LogP contribution in [-0.4, -0.2) is 36.4 Å². The van der Waals surface area contributed by atoms with Gasteiger partial charge in [0.2, 0.25) is 5.91 Å². The highest BCUT2D eigenvalue weighted by Crippen LogP contribution is 2.28. The lowest BCUT2D eigenvalue weighted by Crippen LogP contribution is -2.26. The Hall–Kier alpha value is -1.89. The van der Waals surface area contributed by atoms with E-state index < -0.39 is 5.97 Å². The van der Waals surface area contributed by atoms with E-state index in [1.54, 1.807) is 25.3 Å². The van der Waals surface area contributed by atoms with E-state index in [-0.39, 0.29) is 18.1 Å². The van der Waals surface area contributed by atoms with Crippen LogP contribution < -0.4 is 15.8 Å². The monoisotopic (exact) mass is 298 g/mol. The molecule has 0 aliphatic heterocycles. The minimum Gasteiger partial charge on any atom is -0.497 e. The smallest absolute Gasteiger partial charge is 0.303 e. The standard InChI is InChI=1S/C13H18N2O4S/c1-19-9-4-5-10(14)11(7-9)20-8-12(16)15-6-2-3-13(17)18/h4-5,7H,2-3,6,8,14H2,1H3,(H,15,16)(H,17,18). The van der Waals surface area contributed by atoms with E-state index in [4.69, 9.17) is 15.6 Å². The number of carbonyl (C=O) groups is 2. The molecule has 7 heteroatoms. The Bertz CT molecular complexity index is 479. The Morgan fingerprint density at radius 1 is 1.45 bits per heavy atom. The van der Waals surface area contributed by atoms with Crippen LogP contribution >= 0.6 is 11.8 Å². The van der Waals surface area contributed by atoms with Crippen LogP contribution in [0.5, 0.6) is 5.75 Å². The van der Waals surface area contributed by atoms with Gasteiger partial charge in [0.15, 0.2) is 0 Å². The third kappa shape index (κ3) is 5.83. The van der Waals surface area contributed by atoms with Gasteiger partial charge in [0.1, 0.15) is 5.75 Å². The number of hydrogen-bond donors (Lipinski definition) is 3. The van der Waals surface area contributed by atoms with E-state index in [1.165, 1.54) is 11.8 Å². The number of anilines is 1. The van der Waals surface area contributed by atoms with Crippen molar-refractivity contribution in [2.45, 2.75) is 17.7 Å². The fourth-order valence-electron chi connectivity index (χ4n) is 1.43. The number of rotatable bonds is 8. The van der Waals surface area contributed by atoms with Gasteiger partial charge >= 0.3 is 5.97 Å². The maximum atomic E-state index is 11.6. The molecule has 0 spiro atoms. The predicted molar refractivity (Wildman–Crippen MR) is 78.0 cm³/mol. The molecule has 1 rings (SSSR count). The lowest BCUT2D eigenvalue weighted by Gasteiger charge is -2.08. The highest BCUT2D eigenvalue weighted by Gasteiger charge is 2.07. The lowest BCUT2D eigenvalue weighted by atomic mass is 10.3. The molecule has 0 saturated heterocycles. The van der Waals surface area contributed by atoms with Gasteiger partial charge in [-0.3, -0.25) is 9.59 Å². The Labute approximate surface area is 121 Å². The Kier molecular flexibility index (Phi) is 6.72. The Morgan fingerprint density at radius 2 is 2.20 bits per heavy atom. The lowest BCUT2D eigenvalue weighted by molar-refractivity contribution is -0.137. The highest BCUT2D eigenvalue weighted by molar-refractivity contribution is 8.00. The summed E-state index contributed by atoms with van der Waals surface area (Å²) in [6, 6.07) is 5.26. The normalized spacial score (nSPS) is 10.1. The first-order valence-corrected chi connectivity index (χ1v) is 7.06. The summed E-state index contributed by atoms with van der Waals surface area (Å²) in [6.07, 6.45) is 0.475. The van der Waals surface area contributed by atoms with Crippen LogP contribution in [0.2, 0.25) is 0 Å². The topological polar surface area (TPSA) is 102 Å². The van der Waals surface area contributed by atoms with E-state index in [9.17, 15) is 9.59 Å². The van der Waals surface area contributed by atoms with Crippen molar-refractivity contribution in [2.24, 2.45) is 0 Å². The molecule has 1 aromatic carbocycles. The molecule has 0 radical (unpaired) electrons. The van der Waals surface area contributed by atoms with Gasteiger partial charge < -0.3 is 20.9 Å². The number of methoxy groups -OCH3 is 1. The molecular formula is C13H18N2O4S. The molecule has 4 N–H and O–H groups in total. The molecule has 0 heterocycles.